The zero-order chi connectivity index (χ0) is 25.2. The summed E-state index contributed by atoms with van der Waals surface area (Å²) >= 11 is 0. The van der Waals surface area contributed by atoms with Gasteiger partial charge in [-0.1, -0.05) is 12.1 Å². The second-order valence-electron chi connectivity index (χ2n) is 9.98. The minimum absolute atomic E-state index is 0.0312. The van der Waals surface area contributed by atoms with Crippen LogP contribution in [-0.2, 0) is 24.8 Å². The van der Waals surface area contributed by atoms with E-state index in [4.69, 9.17) is 4.74 Å². The summed E-state index contributed by atoms with van der Waals surface area (Å²) in [5.41, 5.74) is 2.74. The fourth-order valence-electron chi connectivity index (χ4n) is 5.13. The predicted molar refractivity (Wildman–Crippen MR) is 134 cm³/mol. The Morgan fingerprint density at radius 1 is 1.09 bits per heavy atom. The van der Waals surface area contributed by atoms with Crippen molar-refractivity contribution in [3.63, 3.8) is 0 Å². The Balaban J connectivity index is 1.49. The molecule has 1 spiro atoms. The van der Waals surface area contributed by atoms with Gasteiger partial charge in [-0.25, -0.2) is 4.79 Å². The van der Waals surface area contributed by atoms with E-state index in [1.165, 1.54) is 10.5 Å². The van der Waals surface area contributed by atoms with Crippen molar-refractivity contribution in [2.24, 2.45) is 7.05 Å². The molecule has 0 saturated carbocycles. The zero-order valence-electron chi connectivity index (χ0n) is 21.7. The molecule has 9 nitrogen and oxygen atoms in total. The Morgan fingerprint density at radius 2 is 1.77 bits per heavy atom. The highest BCUT2D eigenvalue weighted by molar-refractivity contribution is 6.07. The van der Waals surface area contributed by atoms with Crippen molar-refractivity contribution >= 4 is 11.9 Å². The number of amides is 3. The summed E-state index contributed by atoms with van der Waals surface area (Å²) in [6.07, 6.45) is 3.93. The summed E-state index contributed by atoms with van der Waals surface area (Å²) in [5, 5.41) is 4.36. The second-order valence-corrected chi connectivity index (χ2v) is 9.98. The van der Waals surface area contributed by atoms with E-state index >= 15 is 0 Å². The quantitative estimate of drug-likeness (QED) is 0.510. The first-order chi connectivity index (χ1) is 16.7. The van der Waals surface area contributed by atoms with Crippen LogP contribution in [0.15, 0.2) is 30.5 Å². The van der Waals surface area contributed by atoms with Crippen LogP contribution in [0.5, 0.6) is 5.75 Å². The number of imide groups is 1. The minimum atomic E-state index is -0.754. The summed E-state index contributed by atoms with van der Waals surface area (Å²) < 4.78 is 7.15. The third-order valence-electron chi connectivity index (χ3n) is 7.59. The van der Waals surface area contributed by atoms with Crippen molar-refractivity contribution in [2.45, 2.75) is 38.3 Å². The molecule has 0 unspecified atom stereocenters. The molecule has 4 rings (SSSR count). The topological polar surface area (TPSA) is 74.2 Å². The van der Waals surface area contributed by atoms with E-state index in [1.54, 1.807) is 7.11 Å². The molecular weight excluding hydrogens is 444 g/mol. The molecule has 1 aromatic carbocycles. The Kier molecular flexibility index (Phi) is 7.47. The molecule has 2 saturated heterocycles. The van der Waals surface area contributed by atoms with Crippen molar-refractivity contribution in [1.82, 2.24) is 29.4 Å². The fraction of sp³-hybridized carbons (Fsp3) is 0.577. The number of methoxy groups -OCH3 is 1. The van der Waals surface area contributed by atoms with Gasteiger partial charge in [0.15, 0.2) is 0 Å². The van der Waals surface area contributed by atoms with E-state index in [1.807, 2.05) is 66.1 Å². The molecule has 2 aliphatic rings. The smallest absolute Gasteiger partial charge is 0.327 e. The summed E-state index contributed by atoms with van der Waals surface area (Å²) in [6.45, 7) is 6.04. The number of rotatable bonds is 9. The maximum absolute atomic E-state index is 13.7. The zero-order valence-corrected chi connectivity index (χ0v) is 21.7. The van der Waals surface area contributed by atoms with Crippen LogP contribution in [0.2, 0.25) is 0 Å². The first-order valence-electron chi connectivity index (χ1n) is 12.4. The van der Waals surface area contributed by atoms with Gasteiger partial charge in [-0.2, -0.15) is 5.10 Å². The number of piperidine rings is 1. The highest BCUT2D eigenvalue weighted by atomic mass is 16.5. The van der Waals surface area contributed by atoms with Crippen molar-refractivity contribution < 1.29 is 14.3 Å². The molecule has 9 heteroatoms. The van der Waals surface area contributed by atoms with Crippen molar-refractivity contribution in [3.05, 3.63) is 47.3 Å². The van der Waals surface area contributed by atoms with Gasteiger partial charge in [0.25, 0.3) is 5.91 Å². The number of carbonyl (C=O) groups is 2. The molecule has 2 fully saturated rings. The number of nitrogens with zero attached hydrogens (tertiary/aromatic N) is 6. The van der Waals surface area contributed by atoms with E-state index in [9.17, 15) is 9.59 Å². The summed E-state index contributed by atoms with van der Waals surface area (Å²) in [6, 6.07) is 7.77. The lowest BCUT2D eigenvalue weighted by molar-refractivity contribution is -0.135. The van der Waals surface area contributed by atoms with E-state index in [-0.39, 0.29) is 11.9 Å². The number of hydrogen-bond acceptors (Lipinski definition) is 6. The molecule has 3 heterocycles. The molecule has 3 amide bonds. The number of hydrogen-bond donors (Lipinski definition) is 0. The standard InChI is InChI=1S/C26H38N6O3/c1-20-22(18-27-29(20)4)19-30-14-11-26(12-15-30)24(33)31(17-16-28(2)3)25(34)32(26)13-10-21-6-8-23(35-5)9-7-21/h6-9,18H,10-17,19H2,1-5H3. The van der Waals surface area contributed by atoms with Gasteiger partial charge in [-0.15, -0.1) is 0 Å². The summed E-state index contributed by atoms with van der Waals surface area (Å²) in [4.78, 5) is 35.0. The first-order valence-corrected chi connectivity index (χ1v) is 12.4. The van der Waals surface area contributed by atoms with Gasteiger partial charge in [0.05, 0.1) is 13.3 Å². The Hall–Kier alpha value is -2.91. The van der Waals surface area contributed by atoms with Crippen molar-refractivity contribution in [1.29, 1.82) is 0 Å². The van der Waals surface area contributed by atoms with Crippen LogP contribution in [0.4, 0.5) is 4.79 Å². The highest BCUT2D eigenvalue weighted by Gasteiger charge is 2.57. The number of likely N-dealkylation sites (N-methyl/N-ethyl adjacent to an activating group) is 1. The van der Waals surface area contributed by atoms with Crippen molar-refractivity contribution in [2.75, 3.05) is 53.9 Å². The van der Waals surface area contributed by atoms with Crippen LogP contribution in [0.25, 0.3) is 0 Å². The third-order valence-corrected chi connectivity index (χ3v) is 7.59. The van der Waals surface area contributed by atoms with Crippen LogP contribution >= 0.6 is 0 Å². The lowest BCUT2D eigenvalue weighted by Gasteiger charge is -2.42. The molecule has 0 N–H and O–H groups in total. The third kappa shape index (κ3) is 5.06. The second kappa shape index (κ2) is 10.4. The maximum atomic E-state index is 13.7. The van der Waals surface area contributed by atoms with E-state index in [0.717, 1.165) is 36.6 Å². The number of aromatic nitrogens is 2. The van der Waals surface area contributed by atoms with Crippen LogP contribution in [0, 0.1) is 6.92 Å². The fourth-order valence-corrected chi connectivity index (χ4v) is 5.13. The van der Waals surface area contributed by atoms with Gasteiger partial charge >= 0.3 is 6.03 Å². The van der Waals surface area contributed by atoms with Gasteiger partial charge in [-0.3, -0.25) is 19.3 Å². The van der Waals surface area contributed by atoms with Gasteiger partial charge in [0.2, 0.25) is 0 Å². The molecule has 0 aliphatic carbocycles. The first kappa shape index (κ1) is 25.2. The highest BCUT2D eigenvalue weighted by Crippen LogP contribution is 2.38. The predicted octanol–water partition coefficient (Wildman–Crippen LogP) is 2.14. The number of aryl methyl sites for hydroxylation is 1. The monoisotopic (exact) mass is 482 g/mol. The molecule has 190 valence electrons. The number of likely N-dealkylation sites (tertiary alicyclic amines) is 1. The normalized spacial score (nSPS) is 18.3. The minimum Gasteiger partial charge on any atom is -0.497 e. The van der Waals surface area contributed by atoms with Crippen LogP contribution in [-0.4, -0.2) is 101 Å². The molecular formula is C26H38N6O3. The molecule has 2 aliphatic heterocycles. The Morgan fingerprint density at radius 3 is 2.34 bits per heavy atom. The average Bonchev–Trinajstić information content (AvgIpc) is 3.26. The van der Waals surface area contributed by atoms with Crippen LogP contribution < -0.4 is 4.74 Å². The number of ether oxygens (including phenoxy) is 1. The average molecular weight is 483 g/mol. The van der Waals surface area contributed by atoms with Crippen LogP contribution in [0.1, 0.15) is 29.7 Å². The molecule has 0 atom stereocenters. The largest absolute Gasteiger partial charge is 0.497 e. The van der Waals surface area contributed by atoms with Gasteiger partial charge in [0, 0.05) is 57.6 Å². The Bertz CT molecular complexity index is 1040. The van der Waals surface area contributed by atoms with Crippen molar-refractivity contribution in [3.8, 4) is 5.75 Å². The van der Waals surface area contributed by atoms with E-state index < -0.39 is 5.54 Å². The maximum Gasteiger partial charge on any atom is 0.327 e. The summed E-state index contributed by atoms with van der Waals surface area (Å²) in [5.74, 6) is 0.778. The van der Waals surface area contributed by atoms with Gasteiger partial charge < -0.3 is 14.5 Å². The van der Waals surface area contributed by atoms with Crippen LogP contribution in [0.3, 0.4) is 0 Å². The number of urea groups is 1. The molecule has 2 aromatic rings. The molecule has 0 bridgehead atoms. The van der Waals surface area contributed by atoms with Gasteiger partial charge in [-0.05, 0) is 58.0 Å². The molecule has 0 radical (unpaired) electrons. The lowest BCUT2D eigenvalue weighted by atomic mass is 9.85. The number of carbonyl (C=O) groups excluding carboxylic acids is 2. The number of benzene rings is 1. The van der Waals surface area contributed by atoms with Gasteiger partial charge in [0.1, 0.15) is 11.3 Å². The van der Waals surface area contributed by atoms with E-state index in [2.05, 4.69) is 16.9 Å². The van der Waals surface area contributed by atoms with E-state index in [0.29, 0.717) is 38.9 Å². The molecule has 35 heavy (non-hydrogen) atoms. The lowest BCUT2D eigenvalue weighted by Crippen LogP contribution is -2.56. The Labute approximate surface area is 208 Å². The summed E-state index contributed by atoms with van der Waals surface area (Å²) in [7, 11) is 7.52. The SMILES string of the molecule is COc1ccc(CCN2C(=O)N(CCN(C)C)C(=O)C23CCN(Cc2cnn(C)c2C)CC3)cc1. The molecule has 1 aromatic heterocycles.